The number of hydrazine groups is 1. The van der Waals surface area contributed by atoms with Gasteiger partial charge in [-0.25, -0.2) is 20.0 Å². The number of rotatable bonds is 5. The Labute approximate surface area is 101 Å². The largest absolute Gasteiger partial charge is 0.449 e. The third kappa shape index (κ3) is 3.12. The minimum atomic E-state index is -0.673. The van der Waals surface area contributed by atoms with Crippen LogP contribution in [0.15, 0.2) is 12.7 Å². The molecular weight excluding hydrogens is 224 g/mol. The van der Waals surface area contributed by atoms with Crippen LogP contribution in [-0.4, -0.2) is 35.9 Å². The van der Waals surface area contributed by atoms with Crippen LogP contribution in [0.25, 0.3) is 0 Å². The quantitative estimate of drug-likeness (QED) is 0.747. The van der Waals surface area contributed by atoms with E-state index in [1.165, 1.54) is 0 Å². The smallest absolute Gasteiger partial charge is 0.429 e. The molecule has 1 aliphatic heterocycles. The Hall–Kier alpha value is -1.72. The molecule has 0 aromatic heterocycles. The van der Waals surface area contributed by atoms with Crippen LogP contribution >= 0.6 is 0 Å². The molecule has 2 atom stereocenters. The Balaban J connectivity index is 2.66. The Morgan fingerprint density at radius 2 is 2.35 bits per heavy atom. The van der Waals surface area contributed by atoms with E-state index in [9.17, 15) is 9.59 Å². The lowest BCUT2D eigenvalue weighted by molar-refractivity contribution is 0.108. The standard InChI is InChI=1S/C11H18N2O4/c1-4-7-9-8(5-2)13(11(15)17-9)12-10(14)16-6-3/h5,8-9H,2,4,6-7H2,1,3H3,(H,12,14). The number of carbonyl (C=O) groups is 2. The molecule has 0 aliphatic carbocycles. The van der Waals surface area contributed by atoms with Crippen LogP contribution < -0.4 is 5.43 Å². The summed E-state index contributed by atoms with van der Waals surface area (Å²) in [5.74, 6) is 0. The Morgan fingerprint density at radius 1 is 1.65 bits per heavy atom. The van der Waals surface area contributed by atoms with Gasteiger partial charge in [0.15, 0.2) is 0 Å². The summed E-state index contributed by atoms with van der Waals surface area (Å²) >= 11 is 0. The Morgan fingerprint density at radius 3 is 2.88 bits per heavy atom. The zero-order chi connectivity index (χ0) is 12.8. The van der Waals surface area contributed by atoms with Crippen molar-refractivity contribution in [2.24, 2.45) is 0 Å². The van der Waals surface area contributed by atoms with Crippen LogP contribution in [-0.2, 0) is 9.47 Å². The summed E-state index contributed by atoms with van der Waals surface area (Å²) in [5, 5.41) is 1.12. The van der Waals surface area contributed by atoms with E-state index >= 15 is 0 Å². The summed E-state index contributed by atoms with van der Waals surface area (Å²) < 4.78 is 9.85. The SMILES string of the molecule is C=CC1C(CCC)OC(=O)N1NC(=O)OCC. The zero-order valence-electron chi connectivity index (χ0n) is 10.1. The monoisotopic (exact) mass is 242 g/mol. The van der Waals surface area contributed by atoms with Crippen molar-refractivity contribution >= 4 is 12.2 Å². The molecule has 0 aromatic carbocycles. The lowest BCUT2D eigenvalue weighted by Crippen LogP contribution is -2.48. The number of cyclic esters (lactones) is 1. The van der Waals surface area contributed by atoms with Crippen LogP contribution in [0.1, 0.15) is 26.7 Å². The van der Waals surface area contributed by atoms with E-state index in [-0.39, 0.29) is 18.8 Å². The second-order valence-electron chi connectivity index (χ2n) is 3.64. The number of nitrogens with one attached hydrogen (secondary N) is 1. The highest BCUT2D eigenvalue weighted by Crippen LogP contribution is 2.22. The lowest BCUT2D eigenvalue weighted by Gasteiger charge is -2.21. The van der Waals surface area contributed by atoms with Crippen molar-refractivity contribution in [3.8, 4) is 0 Å². The molecule has 2 unspecified atom stereocenters. The van der Waals surface area contributed by atoms with E-state index in [0.29, 0.717) is 0 Å². The molecule has 0 saturated carbocycles. The number of ether oxygens (including phenoxy) is 2. The van der Waals surface area contributed by atoms with Gasteiger partial charge in [-0.05, 0) is 13.3 Å². The van der Waals surface area contributed by atoms with Crippen molar-refractivity contribution in [2.75, 3.05) is 6.61 Å². The first-order valence-corrected chi connectivity index (χ1v) is 5.69. The second kappa shape index (κ2) is 6.12. The first-order chi connectivity index (χ1) is 8.13. The van der Waals surface area contributed by atoms with Gasteiger partial charge >= 0.3 is 12.2 Å². The maximum absolute atomic E-state index is 11.6. The molecule has 1 heterocycles. The summed E-state index contributed by atoms with van der Waals surface area (Å²) in [6, 6.07) is -0.355. The Bertz CT molecular complexity index is 306. The van der Waals surface area contributed by atoms with E-state index in [4.69, 9.17) is 9.47 Å². The molecule has 6 heteroatoms. The first kappa shape index (κ1) is 13.3. The molecule has 6 nitrogen and oxygen atoms in total. The van der Waals surface area contributed by atoms with Gasteiger partial charge in [0.05, 0.1) is 6.61 Å². The van der Waals surface area contributed by atoms with Crippen LogP contribution in [0.5, 0.6) is 0 Å². The van der Waals surface area contributed by atoms with E-state index < -0.39 is 12.2 Å². The summed E-state index contributed by atoms with van der Waals surface area (Å²) in [6.07, 6.45) is 1.66. The molecule has 0 aromatic rings. The van der Waals surface area contributed by atoms with Crippen molar-refractivity contribution < 1.29 is 19.1 Å². The van der Waals surface area contributed by atoms with Crippen molar-refractivity contribution in [3.63, 3.8) is 0 Å². The number of amides is 2. The number of nitrogens with zero attached hydrogens (tertiary/aromatic N) is 1. The summed E-state index contributed by atoms with van der Waals surface area (Å²) in [4.78, 5) is 22.8. The van der Waals surface area contributed by atoms with Gasteiger partial charge in [0.25, 0.3) is 0 Å². The fourth-order valence-corrected chi connectivity index (χ4v) is 1.70. The molecule has 1 N–H and O–H groups in total. The van der Waals surface area contributed by atoms with Crippen LogP contribution in [0, 0.1) is 0 Å². The average molecular weight is 242 g/mol. The number of hydrogen-bond donors (Lipinski definition) is 1. The normalized spacial score (nSPS) is 23.2. The predicted molar refractivity (Wildman–Crippen MR) is 61.2 cm³/mol. The first-order valence-electron chi connectivity index (χ1n) is 5.69. The van der Waals surface area contributed by atoms with Gasteiger partial charge in [0, 0.05) is 0 Å². The van der Waals surface area contributed by atoms with Gasteiger partial charge in [0.2, 0.25) is 0 Å². The highest BCUT2D eigenvalue weighted by atomic mass is 16.6. The third-order valence-corrected chi connectivity index (χ3v) is 2.43. The number of hydrogen-bond acceptors (Lipinski definition) is 4. The van der Waals surface area contributed by atoms with Crippen LogP contribution in [0.3, 0.4) is 0 Å². The minimum absolute atomic E-state index is 0.242. The van der Waals surface area contributed by atoms with Crippen LogP contribution in [0.2, 0.25) is 0 Å². The molecule has 0 bridgehead atoms. The van der Waals surface area contributed by atoms with Crippen molar-refractivity contribution in [3.05, 3.63) is 12.7 Å². The van der Waals surface area contributed by atoms with Gasteiger partial charge in [-0.1, -0.05) is 19.4 Å². The van der Waals surface area contributed by atoms with Crippen molar-refractivity contribution in [2.45, 2.75) is 38.8 Å². The fraction of sp³-hybridized carbons (Fsp3) is 0.636. The van der Waals surface area contributed by atoms with E-state index in [2.05, 4.69) is 12.0 Å². The molecule has 96 valence electrons. The highest BCUT2D eigenvalue weighted by Gasteiger charge is 2.40. The molecule has 0 radical (unpaired) electrons. The van der Waals surface area contributed by atoms with Crippen LogP contribution in [0.4, 0.5) is 9.59 Å². The molecule has 2 amide bonds. The maximum Gasteiger partial charge on any atom is 0.429 e. The average Bonchev–Trinajstić information content (AvgIpc) is 2.56. The van der Waals surface area contributed by atoms with Gasteiger partial charge in [-0.2, -0.15) is 0 Å². The lowest BCUT2D eigenvalue weighted by atomic mass is 10.1. The van der Waals surface area contributed by atoms with Gasteiger partial charge in [-0.15, -0.1) is 6.58 Å². The molecule has 17 heavy (non-hydrogen) atoms. The molecular formula is C11H18N2O4. The predicted octanol–water partition coefficient (Wildman–Crippen LogP) is 1.82. The molecule has 1 saturated heterocycles. The summed E-state index contributed by atoms with van der Waals surface area (Å²) in [5.41, 5.74) is 2.35. The highest BCUT2D eigenvalue weighted by molar-refractivity contribution is 5.76. The maximum atomic E-state index is 11.6. The minimum Gasteiger partial charge on any atom is -0.449 e. The van der Waals surface area contributed by atoms with Crippen molar-refractivity contribution in [1.82, 2.24) is 10.4 Å². The summed E-state index contributed by atoms with van der Waals surface area (Å²) in [7, 11) is 0. The van der Waals surface area contributed by atoms with E-state index in [0.717, 1.165) is 17.9 Å². The van der Waals surface area contributed by atoms with Gasteiger partial charge in [-0.3, -0.25) is 0 Å². The van der Waals surface area contributed by atoms with E-state index in [1.807, 2.05) is 6.92 Å². The third-order valence-electron chi connectivity index (χ3n) is 2.43. The van der Waals surface area contributed by atoms with Gasteiger partial charge in [0.1, 0.15) is 12.1 Å². The topological polar surface area (TPSA) is 67.9 Å². The molecule has 1 aliphatic rings. The van der Waals surface area contributed by atoms with E-state index in [1.54, 1.807) is 13.0 Å². The number of carbonyl (C=O) groups excluding carboxylic acids is 2. The van der Waals surface area contributed by atoms with Gasteiger partial charge < -0.3 is 9.47 Å². The molecule has 1 rings (SSSR count). The van der Waals surface area contributed by atoms with Crippen molar-refractivity contribution in [1.29, 1.82) is 0 Å². The molecule has 1 fully saturated rings. The zero-order valence-corrected chi connectivity index (χ0v) is 10.1. The second-order valence-corrected chi connectivity index (χ2v) is 3.64. The molecule has 0 spiro atoms. The summed E-state index contributed by atoms with van der Waals surface area (Å²) in [6.45, 7) is 7.57. The fourth-order valence-electron chi connectivity index (χ4n) is 1.70. The Kier molecular flexibility index (Phi) is 4.81.